The van der Waals surface area contributed by atoms with Gasteiger partial charge in [0.1, 0.15) is 0 Å². The summed E-state index contributed by atoms with van der Waals surface area (Å²) in [6, 6.07) is 6.54. The molecule has 1 aliphatic carbocycles. The van der Waals surface area contributed by atoms with Crippen LogP contribution in [0.25, 0.3) is 0 Å². The maximum atomic E-state index is 11.4. The van der Waals surface area contributed by atoms with Crippen molar-refractivity contribution in [3.05, 3.63) is 45.3 Å². The smallest absolute Gasteiger partial charge is 0.173 e. The molecule has 0 spiro atoms. The van der Waals surface area contributed by atoms with Gasteiger partial charge in [0.05, 0.1) is 5.75 Å². The van der Waals surface area contributed by atoms with E-state index in [2.05, 4.69) is 39.4 Å². The maximum absolute atomic E-state index is 11.4. The molecular formula is C13H14BrNO2S. The number of halogens is 1. The van der Waals surface area contributed by atoms with Gasteiger partial charge in [-0.1, -0.05) is 28.1 Å². The lowest BCUT2D eigenvalue weighted by Crippen LogP contribution is -2.32. The Kier molecular flexibility index (Phi) is 3.08. The van der Waals surface area contributed by atoms with Crippen molar-refractivity contribution in [3.63, 3.8) is 0 Å². The van der Waals surface area contributed by atoms with Gasteiger partial charge in [0.15, 0.2) is 9.84 Å². The highest BCUT2D eigenvalue weighted by Gasteiger charge is 2.28. The van der Waals surface area contributed by atoms with E-state index >= 15 is 0 Å². The molecule has 0 saturated heterocycles. The van der Waals surface area contributed by atoms with Gasteiger partial charge in [-0.05, 0) is 36.1 Å². The molecule has 1 aromatic carbocycles. The SMILES string of the molecule is O=S1(=O)C=CC(NC2CCc3ccc(Br)cc32)C1. The van der Waals surface area contributed by atoms with Crippen LogP contribution in [0.3, 0.4) is 0 Å². The van der Waals surface area contributed by atoms with Crippen LogP contribution in [0.15, 0.2) is 34.2 Å². The second kappa shape index (κ2) is 4.47. The number of nitrogens with one attached hydrogen (secondary N) is 1. The third-order valence-corrected chi connectivity index (χ3v) is 5.42. The van der Waals surface area contributed by atoms with Gasteiger partial charge in [-0.3, -0.25) is 0 Å². The van der Waals surface area contributed by atoms with Gasteiger partial charge in [0.25, 0.3) is 0 Å². The van der Waals surface area contributed by atoms with Crippen LogP contribution in [0.1, 0.15) is 23.6 Å². The van der Waals surface area contributed by atoms with Crippen molar-refractivity contribution in [1.29, 1.82) is 0 Å². The van der Waals surface area contributed by atoms with Crippen LogP contribution in [0.5, 0.6) is 0 Å². The highest BCUT2D eigenvalue weighted by atomic mass is 79.9. The summed E-state index contributed by atoms with van der Waals surface area (Å²) in [7, 11) is -2.97. The molecule has 2 aliphatic rings. The van der Waals surface area contributed by atoms with Gasteiger partial charge >= 0.3 is 0 Å². The predicted octanol–water partition coefficient (Wildman–Crippen LogP) is 2.34. The summed E-state index contributed by atoms with van der Waals surface area (Å²) in [6.07, 6.45) is 3.85. The zero-order chi connectivity index (χ0) is 12.8. The first-order chi connectivity index (χ1) is 8.53. The van der Waals surface area contributed by atoms with Crippen molar-refractivity contribution in [2.45, 2.75) is 24.9 Å². The first kappa shape index (κ1) is 12.4. The van der Waals surface area contributed by atoms with Gasteiger partial charge in [-0.25, -0.2) is 8.42 Å². The Morgan fingerprint density at radius 1 is 1.33 bits per heavy atom. The highest BCUT2D eigenvalue weighted by Crippen LogP contribution is 2.33. The number of fused-ring (bicyclic) bond motifs is 1. The third-order valence-electron chi connectivity index (χ3n) is 3.53. The summed E-state index contributed by atoms with van der Waals surface area (Å²) in [5.74, 6) is 0.187. The van der Waals surface area contributed by atoms with E-state index in [1.807, 2.05) is 0 Å². The molecule has 96 valence electrons. The molecule has 0 amide bonds. The summed E-state index contributed by atoms with van der Waals surface area (Å²) < 4.78 is 23.8. The van der Waals surface area contributed by atoms with E-state index in [0.29, 0.717) is 0 Å². The average molecular weight is 328 g/mol. The van der Waals surface area contributed by atoms with Crippen LogP contribution in [0, 0.1) is 0 Å². The van der Waals surface area contributed by atoms with E-state index in [9.17, 15) is 8.42 Å². The molecule has 2 unspecified atom stereocenters. The molecule has 3 nitrogen and oxygen atoms in total. The van der Waals surface area contributed by atoms with Gasteiger partial charge in [0.2, 0.25) is 0 Å². The molecule has 0 bridgehead atoms. The monoisotopic (exact) mass is 327 g/mol. The van der Waals surface area contributed by atoms with E-state index in [0.717, 1.165) is 17.3 Å². The molecule has 0 fully saturated rings. The van der Waals surface area contributed by atoms with Crippen LogP contribution >= 0.6 is 15.9 Å². The summed E-state index contributed by atoms with van der Waals surface area (Å²) in [6.45, 7) is 0. The lowest BCUT2D eigenvalue weighted by atomic mass is 10.1. The van der Waals surface area contributed by atoms with E-state index in [1.165, 1.54) is 16.5 Å². The van der Waals surface area contributed by atoms with Crippen LogP contribution in [0.4, 0.5) is 0 Å². The largest absolute Gasteiger partial charge is 0.303 e. The first-order valence-electron chi connectivity index (χ1n) is 5.99. The minimum atomic E-state index is -2.97. The van der Waals surface area contributed by atoms with Crippen molar-refractivity contribution >= 4 is 25.8 Å². The fourth-order valence-corrected chi connectivity index (χ4v) is 4.31. The number of hydrogen-bond acceptors (Lipinski definition) is 3. The Bertz CT molecular complexity index is 609. The molecule has 1 N–H and O–H groups in total. The maximum Gasteiger partial charge on any atom is 0.173 e. The zero-order valence-corrected chi connectivity index (χ0v) is 12.2. The Morgan fingerprint density at radius 3 is 2.89 bits per heavy atom. The van der Waals surface area contributed by atoms with Crippen LogP contribution in [0.2, 0.25) is 0 Å². The fourth-order valence-electron chi connectivity index (χ4n) is 2.68. The van der Waals surface area contributed by atoms with Crippen molar-refractivity contribution in [1.82, 2.24) is 5.32 Å². The van der Waals surface area contributed by atoms with E-state index in [1.54, 1.807) is 6.08 Å². The summed E-state index contributed by atoms with van der Waals surface area (Å²) in [4.78, 5) is 0. The Morgan fingerprint density at radius 2 is 2.17 bits per heavy atom. The average Bonchev–Trinajstić information content (AvgIpc) is 2.84. The molecule has 0 radical (unpaired) electrons. The second-order valence-corrected chi connectivity index (χ2v) is 7.71. The second-order valence-electron chi connectivity index (χ2n) is 4.87. The lowest BCUT2D eigenvalue weighted by molar-refractivity contribution is 0.501. The van der Waals surface area contributed by atoms with Crippen LogP contribution in [-0.4, -0.2) is 20.2 Å². The quantitative estimate of drug-likeness (QED) is 0.906. The highest BCUT2D eigenvalue weighted by molar-refractivity contribution is 9.10. The molecule has 2 atom stereocenters. The summed E-state index contributed by atoms with van der Waals surface area (Å²) in [5, 5.41) is 4.75. The topological polar surface area (TPSA) is 46.2 Å². The van der Waals surface area contributed by atoms with Crippen molar-refractivity contribution < 1.29 is 8.42 Å². The van der Waals surface area contributed by atoms with Crippen molar-refractivity contribution in [2.24, 2.45) is 0 Å². The van der Waals surface area contributed by atoms with Crippen molar-refractivity contribution in [3.8, 4) is 0 Å². The van der Waals surface area contributed by atoms with Crippen LogP contribution in [-0.2, 0) is 16.3 Å². The molecule has 5 heteroatoms. The van der Waals surface area contributed by atoms with E-state index < -0.39 is 9.84 Å². The summed E-state index contributed by atoms with van der Waals surface area (Å²) >= 11 is 3.49. The van der Waals surface area contributed by atoms with Gasteiger partial charge in [0, 0.05) is 22.0 Å². The minimum Gasteiger partial charge on any atom is -0.303 e. The fraction of sp³-hybridized carbons (Fsp3) is 0.385. The number of sulfone groups is 1. The van der Waals surface area contributed by atoms with Crippen LogP contribution < -0.4 is 5.32 Å². The van der Waals surface area contributed by atoms with Crippen molar-refractivity contribution in [2.75, 3.05) is 5.75 Å². The molecule has 1 aliphatic heterocycles. The molecule has 1 heterocycles. The number of hydrogen-bond donors (Lipinski definition) is 1. The van der Waals surface area contributed by atoms with Gasteiger partial charge in [-0.15, -0.1) is 0 Å². The molecule has 1 aromatic rings. The minimum absolute atomic E-state index is 0.0510. The molecule has 0 saturated carbocycles. The molecule has 3 rings (SSSR count). The normalized spacial score (nSPS) is 28.5. The Labute approximate surface area is 115 Å². The Balaban J connectivity index is 1.78. The first-order valence-corrected chi connectivity index (χ1v) is 8.50. The molecule has 0 aromatic heterocycles. The van der Waals surface area contributed by atoms with Gasteiger partial charge < -0.3 is 5.32 Å². The number of rotatable bonds is 2. The third kappa shape index (κ3) is 2.39. The Hall–Kier alpha value is -0.650. The number of benzene rings is 1. The number of aryl methyl sites for hydroxylation is 1. The lowest BCUT2D eigenvalue weighted by Gasteiger charge is -2.18. The molecular weight excluding hydrogens is 314 g/mol. The standard InChI is InChI=1S/C13H14BrNO2S/c14-10-3-1-9-2-4-13(12(9)7-10)15-11-5-6-18(16,17)8-11/h1,3,5-7,11,13,15H,2,4,8H2. The van der Waals surface area contributed by atoms with E-state index in [4.69, 9.17) is 0 Å². The summed E-state index contributed by atoms with van der Waals surface area (Å²) in [5.41, 5.74) is 2.66. The van der Waals surface area contributed by atoms with Gasteiger partial charge in [-0.2, -0.15) is 0 Å². The van der Waals surface area contributed by atoms with E-state index in [-0.39, 0.29) is 17.8 Å². The molecule has 18 heavy (non-hydrogen) atoms. The predicted molar refractivity (Wildman–Crippen MR) is 75.1 cm³/mol. The zero-order valence-electron chi connectivity index (χ0n) is 9.77.